The van der Waals surface area contributed by atoms with Crippen LogP contribution < -0.4 is 10.6 Å². The fraction of sp³-hybridized carbons (Fsp3) is 0.227. The first kappa shape index (κ1) is 20.3. The standard InChI is InChI=1S/C22H23N7O2/c1-14(2)29-21-16(12-25-29)11-19(15(3)26-21)22(31)23-13-20(30)27-17-5-7-18(8-6-17)28-10-4-9-24-28/h4-12,14H,13H2,1-3H3,(H,23,31)(H,27,30). The number of aromatic nitrogens is 5. The van der Waals surface area contributed by atoms with Gasteiger partial charge in [0.05, 0.1) is 29.7 Å². The van der Waals surface area contributed by atoms with Crippen LogP contribution in [-0.2, 0) is 4.79 Å². The number of nitrogens with zero attached hydrogens (tertiary/aromatic N) is 5. The summed E-state index contributed by atoms with van der Waals surface area (Å²) in [6.45, 7) is 5.66. The molecular formula is C22H23N7O2. The average molecular weight is 417 g/mol. The molecule has 0 aliphatic carbocycles. The maximum atomic E-state index is 12.6. The SMILES string of the molecule is Cc1nc2c(cnn2C(C)C)cc1C(=O)NCC(=O)Nc1ccc(-n2cccn2)cc1. The van der Waals surface area contributed by atoms with E-state index in [1.54, 1.807) is 42.2 Å². The van der Waals surface area contributed by atoms with Gasteiger partial charge in [-0.25, -0.2) is 14.3 Å². The molecule has 0 fully saturated rings. The first-order valence-corrected chi connectivity index (χ1v) is 9.95. The lowest BCUT2D eigenvalue weighted by atomic mass is 10.1. The Morgan fingerprint density at radius 3 is 2.58 bits per heavy atom. The molecule has 0 radical (unpaired) electrons. The Hall–Kier alpha value is -4.01. The van der Waals surface area contributed by atoms with Crippen molar-refractivity contribution in [2.24, 2.45) is 0 Å². The van der Waals surface area contributed by atoms with Crippen molar-refractivity contribution in [2.75, 3.05) is 11.9 Å². The molecule has 158 valence electrons. The van der Waals surface area contributed by atoms with Gasteiger partial charge in [-0.2, -0.15) is 10.2 Å². The van der Waals surface area contributed by atoms with Crippen LogP contribution in [0.5, 0.6) is 0 Å². The molecule has 4 rings (SSSR count). The van der Waals surface area contributed by atoms with E-state index in [4.69, 9.17) is 0 Å². The second kappa shape index (κ2) is 8.39. The molecule has 31 heavy (non-hydrogen) atoms. The normalized spacial score (nSPS) is 11.1. The molecule has 9 nitrogen and oxygen atoms in total. The first-order chi connectivity index (χ1) is 14.9. The van der Waals surface area contributed by atoms with E-state index in [1.807, 2.05) is 42.9 Å². The number of nitrogens with one attached hydrogen (secondary N) is 2. The van der Waals surface area contributed by atoms with Crippen LogP contribution >= 0.6 is 0 Å². The zero-order chi connectivity index (χ0) is 22.0. The predicted molar refractivity (Wildman–Crippen MR) is 117 cm³/mol. The molecule has 0 aliphatic rings. The van der Waals surface area contributed by atoms with Crippen molar-refractivity contribution in [3.8, 4) is 5.69 Å². The van der Waals surface area contributed by atoms with Crippen molar-refractivity contribution < 1.29 is 9.59 Å². The first-order valence-electron chi connectivity index (χ1n) is 9.95. The van der Waals surface area contributed by atoms with Crippen LogP contribution in [0.25, 0.3) is 16.7 Å². The van der Waals surface area contributed by atoms with Crippen LogP contribution in [0.4, 0.5) is 5.69 Å². The van der Waals surface area contributed by atoms with Gasteiger partial charge in [0.1, 0.15) is 0 Å². The molecule has 3 aromatic heterocycles. The molecule has 2 amide bonds. The fourth-order valence-electron chi connectivity index (χ4n) is 3.25. The lowest BCUT2D eigenvalue weighted by Gasteiger charge is -2.10. The summed E-state index contributed by atoms with van der Waals surface area (Å²) in [5, 5.41) is 14.7. The maximum absolute atomic E-state index is 12.6. The van der Waals surface area contributed by atoms with Crippen molar-refractivity contribution in [3.63, 3.8) is 0 Å². The Kier molecular flexibility index (Phi) is 5.48. The minimum Gasteiger partial charge on any atom is -0.343 e. The summed E-state index contributed by atoms with van der Waals surface area (Å²) in [7, 11) is 0. The Morgan fingerprint density at radius 1 is 1.13 bits per heavy atom. The van der Waals surface area contributed by atoms with Crippen molar-refractivity contribution in [1.29, 1.82) is 0 Å². The van der Waals surface area contributed by atoms with Gasteiger partial charge >= 0.3 is 0 Å². The number of pyridine rings is 1. The predicted octanol–water partition coefficient (Wildman–Crippen LogP) is 2.87. The van der Waals surface area contributed by atoms with E-state index in [2.05, 4.69) is 25.8 Å². The number of carbonyl (C=O) groups is 2. The zero-order valence-corrected chi connectivity index (χ0v) is 17.5. The summed E-state index contributed by atoms with van der Waals surface area (Å²) < 4.78 is 3.54. The lowest BCUT2D eigenvalue weighted by Crippen LogP contribution is -2.33. The van der Waals surface area contributed by atoms with E-state index in [9.17, 15) is 9.59 Å². The molecule has 0 bridgehead atoms. The Morgan fingerprint density at radius 2 is 1.90 bits per heavy atom. The quantitative estimate of drug-likeness (QED) is 0.502. The van der Waals surface area contributed by atoms with Crippen LogP contribution in [0.1, 0.15) is 35.9 Å². The van der Waals surface area contributed by atoms with Gasteiger partial charge in [-0.1, -0.05) is 0 Å². The second-order valence-electron chi connectivity index (χ2n) is 7.45. The zero-order valence-electron chi connectivity index (χ0n) is 17.5. The number of rotatable bonds is 6. The maximum Gasteiger partial charge on any atom is 0.253 e. The highest BCUT2D eigenvalue weighted by molar-refractivity contribution is 6.01. The van der Waals surface area contributed by atoms with E-state index in [0.717, 1.165) is 16.7 Å². The Balaban J connectivity index is 1.38. The van der Waals surface area contributed by atoms with Crippen molar-refractivity contribution in [3.05, 3.63) is 66.2 Å². The Labute approximate surface area is 179 Å². The van der Waals surface area contributed by atoms with Gasteiger partial charge < -0.3 is 10.6 Å². The van der Waals surface area contributed by atoms with Gasteiger partial charge in [0, 0.05) is 29.5 Å². The molecule has 9 heteroatoms. The third kappa shape index (κ3) is 4.30. The summed E-state index contributed by atoms with van der Waals surface area (Å²) in [6, 6.07) is 11.0. The molecule has 3 heterocycles. The molecule has 0 saturated heterocycles. The second-order valence-corrected chi connectivity index (χ2v) is 7.45. The number of hydrogen-bond donors (Lipinski definition) is 2. The average Bonchev–Trinajstić information content (AvgIpc) is 3.42. The number of amides is 2. The van der Waals surface area contributed by atoms with Crippen LogP contribution in [0.3, 0.4) is 0 Å². The third-order valence-corrected chi connectivity index (χ3v) is 4.82. The molecule has 1 aromatic carbocycles. The number of carbonyl (C=O) groups excluding carboxylic acids is 2. The van der Waals surface area contributed by atoms with Crippen molar-refractivity contribution >= 4 is 28.5 Å². The lowest BCUT2D eigenvalue weighted by molar-refractivity contribution is -0.115. The summed E-state index contributed by atoms with van der Waals surface area (Å²) in [5.74, 6) is -0.673. The minimum atomic E-state index is -0.353. The summed E-state index contributed by atoms with van der Waals surface area (Å²) >= 11 is 0. The largest absolute Gasteiger partial charge is 0.343 e. The monoisotopic (exact) mass is 417 g/mol. The third-order valence-electron chi connectivity index (χ3n) is 4.82. The summed E-state index contributed by atoms with van der Waals surface area (Å²) in [4.78, 5) is 29.4. The number of benzene rings is 1. The van der Waals surface area contributed by atoms with E-state index >= 15 is 0 Å². The molecule has 0 saturated carbocycles. The Bertz CT molecular complexity index is 1220. The van der Waals surface area contributed by atoms with Crippen LogP contribution in [0.2, 0.25) is 0 Å². The van der Waals surface area contributed by atoms with Crippen molar-refractivity contribution in [1.82, 2.24) is 29.9 Å². The van der Waals surface area contributed by atoms with E-state index in [0.29, 0.717) is 16.9 Å². The molecule has 2 N–H and O–H groups in total. The summed E-state index contributed by atoms with van der Waals surface area (Å²) in [5.41, 5.74) is 3.26. The van der Waals surface area contributed by atoms with E-state index in [1.165, 1.54) is 0 Å². The van der Waals surface area contributed by atoms with Gasteiger partial charge in [-0.05, 0) is 57.2 Å². The molecule has 0 atom stereocenters. The molecule has 0 unspecified atom stereocenters. The van der Waals surface area contributed by atoms with Gasteiger partial charge in [-0.3, -0.25) is 9.59 Å². The molecule has 0 aliphatic heterocycles. The van der Waals surface area contributed by atoms with Crippen LogP contribution in [0.15, 0.2) is 55.0 Å². The van der Waals surface area contributed by atoms with Gasteiger partial charge in [-0.15, -0.1) is 0 Å². The molecular weight excluding hydrogens is 394 g/mol. The van der Waals surface area contributed by atoms with Gasteiger partial charge in [0.2, 0.25) is 5.91 Å². The smallest absolute Gasteiger partial charge is 0.253 e. The van der Waals surface area contributed by atoms with Crippen LogP contribution in [0, 0.1) is 6.92 Å². The number of anilines is 1. The van der Waals surface area contributed by atoms with E-state index in [-0.39, 0.29) is 24.4 Å². The number of hydrogen-bond acceptors (Lipinski definition) is 5. The van der Waals surface area contributed by atoms with Crippen molar-refractivity contribution in [2.45, 2.75) is 26.8 Å². The fourth-order valence-corrected chi connectivity index (χ4v) is 3.25. The number of fused-ring (bicyclic) bond motifs is 1. The van der Waals surface area contributed by atoms with E-state index < -0.39 is 0 Å². The summed E-state index contributed by atoms with van der Waals surface area (Å²) in [6.07, 6.45) is 5.23. The highest BCUT2D eigenvalue weighted by Crippen LogP contribution is 2.19. The minimum absolute atomic E-state index is 0.150. The highest BCUT2D eigenvalue weighted by atomic mass is 16.2. The van der Waals surface area contributed by atoms with Crippen LogP contribution in [-0.4, -0.2) is 42.9 Å². The topological polar surface area (TPSA) is 107 Å². The highest BCUT2D eigenvalue weighted by Gasteiger charge is 2.16. The van der Waals surface area contributed by atoms with Gasteiger partial charge in [0.15, 0.2) is 5.65 Å². The van der Waals surface area contributed by atoms with Gasteiger partial charge in [0.25, 0.3) is 5.91 Å². The molecule has 0 spiro atoms. The number of aryl methyl sites for hydroxylation is 1. The molecule has 4 aromatic rings.